The van der Waals surface area contributed by atoms with Crippen molar-refractivity contribution in [1.29, 1.82) is 0 Å². The van der Waals surface area contributed by atoms with Crippen molar-refractivity contribution in [2.24, 2.45) is 12.8 Å². The average Bonchev–Trinajstić information content (AvgIpc) is 2.99. The maximum atomic E-state index is 12.1. The number of rotatable bonds is 6. The molecule has 0 bridgehead atoms. The highest BCUT2D eigenvalue weighted by Gasteiger charge is 2.17. The Bertz CT molecular complexity index is 719. The molecule has 0 aliphatic carbocycles. The lowest BCUT2D eigenvalue weighted by Crippen LogP contribution is -2.26. The fourth-order valence-corrected chi connectivity index (χ4v) is 3.93. The third kappa shape index (κ3) is 3.39. The molecule has 0 saturated carbocycles. The summed E-state index contributed by atoms with van der Waals surface area (Å²) in [6, 6.07) is 3.09. The number of hydrogen-bond donors (Lipinski definition) is 2. The van der Waals surface area contributed by atoms with E-state index in [4.69, 9.17) is 18.0 Å². The van der Waals surface area contributed by atoms with Gasteiger partial charge in [-0.25, -0.2) is 13.1 Å². The molecule has 2 rings (SSSR count). The minimum Gasteiger partial charge on any atom is -0.389 e. The molecule has 0 fully saturated rings. The second kappa shape index (κ2) is 5.95. The Morgan fingerprint density at radius 2 is 2.30 bits per heavy atom. The Balaban J connectivity index is 2.00. The number of thiophene rings is 1. The molecular weight excluding hydrogens is 318 g/mol. The van der Waals surface area contributed by atoms with Crippen LogP contribution in [0.1, 0.15) is 10.7 Å². The van der Waals surface area contributed by atoms with E-state index in [-0.39, 0.29) is 15.7 Å². The molecule has 0 amide bonds. The van der Waals surface area contributed by atoms with Crippen LogP contribution in [-0.2, 0) is 23.5 Å². The smallest absolute Gasteiger partial charge is 0.250 e. The Morgan fingerprint density at radius 1 is 1.55 bits per heavy atom. The van der Waals surface area contributed by atoms with Crippen LogP contribution in [0.25, 0.3) is 0 Å². The molecule has 0 atom stereocenters. The van der Waals surface area contributed by atoms with E-state index in [1.165, 1.54) is 6.07 Å². The summed E-state index contributed by atoms with van der Waals surface area (Å²) < 4.78 is 28.6. The molecular formula is C10H13N5O2S3. The second-order valence-electron chi connectivity index (χ2n) is 3.99. The van der Waals surface area contributed by atoms with Gasteiger partial charge in [-0.3, -0.25) is 0 Å². The highest BCUT2D eigenvalue weighted by atomic mass is 32.2. The fraction of sp³-hybridized carbons (Fsp3) is 0.300. The van der Waals surface area contributed by atoms with Crippen molar-refractivity contribution in [2.45, 2.75) is 10.6 Å². The van der Waals surface area contributed by atoms with Gasteiger partial charge in [0.05, 0.1) is 4.88 Å². The van der Waals surface area contributed by atoms with Gasteiger partial charge in [0, 0.05) is 20.0 Å². The summed E-state index contributed by atoms with van der Waals surface area (Å²) in [6.07, 6.45) is 2.03. The highest BCUT2D eigenvalue weighted by Crippen LogP contribution is 2.21. The number of nitrogens with zero attached hydrogens (tertiary/aromatic N) is 3. The normalized spacial score (nSPS) is 11.7. The molecule has 2 aromatic rings. The van der Waals surface area contributed by atoms with Gasteiger partial charge in [0.25, 0.3) is 0 Å². The van der Waals surface area contributed by atoms with Crippen LogP contribution in [0.5, 0.6) is 0 Å². The quantitative estimate of drug-likeness (QED) is 0.724. The topological polar surface area (TPSA) is 103 Å². The standard InChI is InChI=1S/C10H13N5O2S3/c1-15-6-12-14-8(15)4-5-13-20(16,17)9-3-2-7(19-9)10(11)18/h2-3,6,13H,4-5H2,1H3,(H2,11,18). The summed E-state index contributed by atoms with van der Waals surface area (Å²) in [5.41, 5.74) is 5.46. The average molecular weight is 331 g/mol. The van der Waals surface area contributed by atoms with Gasteiger partial charge in [0.15, 0.2) is 0 Å². The van der Waals surface area contributed by atoms with Crippen LogP contribution < -0.4 is 10.5 Å². The molecule has 10 heteroatoms. The van der Waals surface area contributed by atoms with Crippen LogP contribution in [0.2, 0.25) is 0 Å². The first-order chi connectivity index (χ1) is 9.40. The Hall–Kier alpha value is -1.36. The SMILES string of the molecule is Cn1cnnc1CCNS(=O)(=O)c1ccc(C(N)=S)s1. The van der Waals surface area contributed by atoms with E-state index in [1.807, 2.05) is 0 Å². The third-order valence-corrected chi connectivity index (χ3v) is 5.96. The highest BCUT2D eigenvalue weighted by molar-refractivity contribution is 7.91. The van der Waals surface area contributed by atoms with Crippen molar-refractivity contribution >= 4 is 38.6 Å². The van der Waals surface area contributed by atoms with E-state index >= 15 is 0 Å². The van der Waals surface area contributed by atoms with Crippen LogP contribution in [0, 0.1) is 0 Å². The summed E-state index contributed by atoms with van der Waals surface area (Å²) in [5, 5.41) is 7.61. The molecule has 108 valence electrons. The molecule has 2 aromatic heterocycles. The summed E-state index contributed by atoms with van der Waals surface area (Å²) >= 11 is 5.86. The van der Waals surface area contributed by atoms with Crippen molar-refractivity contribution < 1.29 is 8.42 Å². The second-order valence-corrected chi connectivity index (χ2v) is 7.51. The maximum Gasteiger partial charge on any atom is 0.250 e. The predicted octanol–water partition coefficient (Wildman–Crippen LogP) is 0.0318. The van der Waals surface area contributed by atoms with Gasteiger partial charge in [-0.05, 0) is 12.1 Å². The van der Waals surface area contributed by atoms with Gasteiger partial charge in [-0.2, -0.15) is 0 Å². The molecule has 0 unspecified atom stereocenters. The first kappa shape index (κ1) is 15.0. The first-order valence-corrected chi connectivity index (χ1v) is 8.33. The van der Waals surface area contributed by atoms with E-state index in [0.29, 0.717) is 17.1 Å². The van der Waals surface area contributed by atoms with Gasteiger partial charge in [-0.15, -0.1) is 21.5 Å². The van der Waals surface area contributed by atoms with Crippen molar-refractivity contribution in [3.05, 3.63) is 29.2 Å². The van der Waals surface area contributed by atoms with Crippen LogP contribution in [0.3, 0.4) is 0 Å². The Morgan fingerprint density at radius 3 is 2.85 bits per heavy atom. The molecule has 7 nitrogen and oxygen atoms in total. The largest absolute Gasteiger partial charge is 0.389 e. The zero-order valence-corrected chi connectivity index (χ0v) is 13.1. The number of nitrogens with one attached hydrogen (secondary N) is 1. The third-order valence-electron chi connectivity index (χ3n) is 2.53. The summed E-state index contributed by atoms with van der Waals surface area (Å²) in [5.74, 6) is 0.711. The number of thiocarbonyl (C=S) groups is 1. The molecule has 0 saturated heterocycles. The van der Waals surface area contributed by atoms with Crippen LogP contribution in [0.4, 0.5) is 0 Å². The van der Waals surface area contributed by atoms with E-state index < -0.39 is 10.0 Å². The fourth-order valence-electron chi connectivity index (χ4n) is 1.50. The minimum atomic E-state index is -3.54. The van der Waals surface area contributed by atoms with Gasteiger partial charge in [0.1, 0.15) is 21.3 Å². The van der Waals surface area contributed by atoms with E-state index in [9.17, 15) is 8.42 Å². The number of aromatic nitrogens is 3. The van der Waals surface area contributed by atoms with Crippen LogP contribution in [0.15, 0.2) is 22.7 Å². The summed E-state index contributed by atoms with van der Waals surface area (Å²) in [6.45, 7) is 0.245. The number of aryl methyl sites for hydroxylation is 1. The molecule has 0 radical (unpaired) electrons. The zero-order valence-electron chi connectivity index (χ0n) is 10.6. The zero-order chi connectivity index (χ0) is 14.8. The molecule has 3 N–H and O–H groups in total. The number of hydrogen-bond acceptors (Lipinski definition) is 6. The molecule has 2 heterocycles. The Labute approximate surface area is 125 Å². The van der Waals surface area contributed by atoms with Gasteiger partial charge < -0.3 is 10.3 Å². The molecule has 0 aromatic carbocycles. The Kier molecular flexibility index (Phi) is 4.48. The monoisotopic (exact) mass is 331 g/mol. The van der Waals surface area contributed by atoms with Crippen molar-refractivity contribution in [3.8, 4) is 0 Å². The van der Waals surface area contributed by atoms with Gasteiger partial charge >= 0.3 is 0 Å². The lowest BCUT2D eigenvalue weighted by molar-refractivity contribution is 0.582. The van der Waals surface area contributed by atoms with E-state index in [1.54, 1.807) is 24.0 Å². The summed E-state index contributed by atoms with van der Waals surface area (Å²) in [7, 11) is -1.74. The molecule has 0 spiro atoms. The van der Waals surface area contributed by atoms with Crippen LogP contribution >= 0.6 is 23.6 Å². The summed E-state index contributed by atoms with van der Waals surface area (Å²) in [4.78, 5) is 0.768. The van der Waals surface area contributed by atoms with Crippen molar-refractivity contribution in [1.82, 2.24) is 19.5 Å². The molecule has 20 heavy (non-hydrogen) atoms. The lowest BCUT2D eigenvalue weighted by Gasteiger charge is -2.04. The molecule has 0 aliphatic heterocycles. The predicted molar refractivity (Wildman–Crippen MR) is 80.1 cm³/mol. The molecule has 0 aliphatic rings. The number of nitrogens with two attached hydrogens (primary N) is 1. The van der Waals surface area contributed by atoms with Crippen LogP contribution in [-0.4, -0.2) is 34.7 Å². The van der Waals surface area contributed by atoms with Crippen molar-refractivity contribution in [2.75, 3.05) is 6.54 Å². The number of sulfonamides is 1. The first-order valence-electron chi connectivity index (χ1n) is 5.62. The van der Waals surface area contributed by atoms with Gasteiger partial charge in [0.2, 0.25) is 10.0 Å². The van der Waals surface area contributed by atoms with Crippen molar-refractivity contribution in [3.63, 3.8) is 0 Å². The minimum absolute atomic E-state index is 0.190. The maximum absolute atomic E-state index is 12.1. The van der Waals surface area contributed by atoms with E-state index in [0.717, 1.165) is 11.3 Å². The lowest BCUT2D eigenvalue weighted by atomic mass is 10.4. The van der Waals surface area contributed by atoms with Gasteiger partial charge in [-0.1, -0.05) is 12.2 Å². The van der Waals surface area contributed by atoms with E-state index in [2.05, 4.69) is 14.9 Å².